The van der Waals surface area contributed by atoms with E-state index in [1.165, 1.54) is 11.3 Å². The van der Waals surface area contributed by atoms with Crippen LogP contribution in [0.25, 0.3) is 0 Å². The summed E-state index contributed by atoms with van der Waals surface area (Å²) < 4.78 is 10.7. The van der Waals surface area contributed by atoms with Crippen LogP contribution in [-0.4, -0.2) is 46.1 Å². The Hall–Kier alpha value is -1.10. The van der Waals surface area contributed by atoms with Gasteiger partial charge in [0, 0.05) is 39.0 Å². The summed E-state index contributed by atoms with van der Waals surface area (Å²) in [5, 5.41) is 3.41. The molecule has 1 fully saturated rings. The molecule has 0 spiro atoms. The molecule has 0 aromatic heterocycles. The van der Waals surface area contributed by atoms with Crippen molar-refractivity contribution in [3.63, 3.8) is 0 Å². The highest BCUT2D eigenvalue weighted by Gasteiger charge is 2.18. The maximum Gasteiger partial charge on any atom is 0.0722 e. The van der Waals surface area contributed by atoms with Crippen LogP contribution < -0.4 is 10.2 Å². The Bertz CT molecular complexity index is 384. The standard InChI is InChI=1S/C15H24N2O2/c1-13-12-17(8-10-19-13)15-6-4-3-5-14(15)11-16-7-9-18-2/h3-6,13,16H,7-12H2,1-2H3. The highest BCUT2D eigenvalue weighted by atomic mass is 16.5. The van der Waals surface area contributed by atoms with E-state index in [9.17, 15) is 0 Å². The number of rotatable bonds is 6. The third kappa shape index (κ3) is 4.20. The van der Waals surface area contributed by atoms with Gasteiger partial charge in [-0.15, -0.1) is 0 Å². The zero-order valence-electron chi connectivity index (χ0n) is 11.9. The van der Waals surface area contributed by atoms with Crippen LogP contribution in [0.4, 0.5) is 5.69 Å². The molecule has 4 heteroatoms. The number of benzene rings is 1. The normalized spacial score (nSPS) is 19.7. The number of morpholine rings is 1. The number of para-hydroxylation sites is 1. The van der Waals surface area contributed by atoms with Crippen molar-refractivity contribution < 1.29 is 9.47 Å². The van der Waals surface area contributed by atoms with Gasteiger partial charge in [-0.05, 0) is 18.6 Å². The van der Waals surface area contributed by atoms with Crippen LogP contribution in [0.3, 0.4) is 0 Å². The first-order valence-corrected chi connectivity index (χ1v) is 6.95. The van der Waals surface area contributed by atoms with Gasteiger partial charge in [-0.3, -0.25) is 0 Å². The molecule has 2 rings (SSSR count). The monoisotopic (exact) mass is 264 g/mol. The summed E-state index contributed by atoms with van der Waals surface area (Å²) >= 11 is 0. The molecule has 1 aromatic carbocycles. The van der Waals surface area contributed by atoms with Crippen molar-refractivity contribution in [2.45, 2.75) is 19.6 Å². The number of hydrogen-bond acceptors (Lipinski definition) is 4. The van der Waals surface area contributed by atoms with Crippen LogP contribution in [0, 0.1) is 0 Å². The van der Waals surface area contributed by atoms with E-state index in [0.717, 1.165) is 39.4 Å². The lowest BCUT2D eigenvalue weighted by molar-refractivity contribution is 0.0531. The Balaban J connectivity index is 1.99. The van der Waals surface area contributed by atoms with Gasteiger partial charge in [0.1, 0.15) is 0 Å². The van der Waals surface area contributed by atoms with Crippen LogP contribution in [-0.2, 0) is 16.0 Å². The minimum absolute atomic E-state index is 0.309. The molecule has 4 nitrogen and oxygen atoms in total. The molecular formula is C15H24N2O2. The fourth-order valence-electron chi connectivity index (χ4n) is 2.40. The average Bonchev–Trinajstić information content (AvgIpc) is 2.44. The maximum absolute atomic E-state index is 5.61. The van der Waals surface area contributed by atoms with Crippen molar-refractivity contribution in [3.05, 3.63) is 29.8 Å². The highest BCUT2D eigenvalue weighted by molar-refractivity contribution is 5.54. The van der Waals surface area contributed by atoms with Crippen LogP contribution >= 0.6 is 0 Å². The molecule has 1 heterocycles. The van der Waals surface area contributed by atoms with Crippen molar-refractivity contribution in [1.82, 2.24) is 5.32 Å². The van der Waals surface area contributed by atoms with Gasteiger partial charge in [-0.1, -0.05) is 18.2 Å². The topological polar surface area (TPSA) is 33.7 Å². The number of methoxy groups -OCH3 is 1. The molecule has 0 amide bonds. The summed E-state index contributed by atoms with van der Waals surface area (Å²) in [6.45, 7) is 7.39. The van der Waals surface area contributed by atoms with Gasteiger partial charge in [-0.2, -0.15) is 0 Å². The highest BCUT2D eigenvalue weighted by Crippen LogP contribution is 2.22. The van der Waals surface area contributed by atoms with Crippen LogP contribution in [0.5, 0.6) is 0 Å². The first kappa shape index (κ1) is 14.3. The van der Waals surface area contributed by atoms with Crippen LogP contribution in [0.1, 0.15) is 12.5 Å². The summed E-state index contributed by atoms with van der Waals surface area (Å²) in [4.78, 5) is 2.42. The van der Waals surface area contributed by atoms with Crippen LogP contribution in [0.2, 0.25) is 0 Å². The van der Waals surface area contributed by atoms with Crippen molar-refractivity contribution in [1.29, 1.82) is 0 Å². The minimum Gasteiger partial charge on any atom is -0.383 e. The van der Waals surface area contributed by atoms with Gasteiger partial charge in [0.2, 0.25) is 0 Å². The zero-order chi connectivity index (χ0) is 13.5. The van der Waals surface area contributed by atoms with E-state index < -0.39 is 0 Å². The van der Waals surface area contributed by atoms with Crippen molar-refractivity contribution in [3.8, 4) is 0 Å². The number of ether oxygens (including phenoxy) is 2. The molecule has 0 aliphatic carbocycles. The van der Waals surface area contributed by atoms with E-state index in [0.29, 0.717) is 6.10 Å². The van der Waals surface area contributed by atoms with Gasteiger partial charge in [0.15, 0.2) is 0 Å². The summed E-state index contributed by atoms with van der Waals surface area (Å²) in [5.74, 6) is 0. The Morgan fingerprint density at radius 3 is 3.05 bits per heavy atom. The van der Waals surface area contributed by atoms with Crippen molar-refractivity contribution >= 4 is 5.69 Å². The Kier molecular flexibility index (Phi) is 5.63. The summed E-state index contributed by atoms with van der Waals surface area (Å²) in [6, 6.07) is 8.59. The third-order valence-corrected chi connectivity index (χ3v) is 3.37. The second-order valence-electron chi connectivity index (χ2n) is 4.93. The van der Waals surface area contributed by atoms with Gasteiger partial charge in [0.05, 0.1) is 19.3 Å². The first-order valence-electron chi connectivity index (χ1n) is 6.95. The molecule has 106 valence electrons. The van der Waals surface area contributed by atoms with E-state index in [2.05, 4.69) is 41.4 Å². The van der Waals surface area contributed by atoms with Gasteiger partial charge in [0.25, 0.3) is 0 Å². The van der Waals surface area contributed by atoms with E-state index in [1.807, 2.05) is 0 Å². The smallest absolute Gasteiger partial charge is 0.0722 e. The predicted molar refractivity (Wildman–Crippen MR) is 77.7 cm³/mol. The van der Waals surface area contributed by atoms with Crippen molar-refractivity contribution in [2.75, 3.05) is 44.9 Å². The fraction of sp³-hybridized carbons (Fsp3) is 0.600. The van der Waals surface area contributed by atoms with Gasteiger partial charge >= 0.3 is 0 Å². The molecule has 19 heavy (non-hydrogen) atoms. The quantitative estimate of drug-likeness (QED) is 0.792. The second kappa shape index (κ2) is 7.48. The minimum atomic E-state index is 0.309. The molecule has 1 unspecified atom stereocenters. The van der Waals surface area contributed by atoms with Crippen LogP contribution in [0.15, 0.2) is 24.3 Å². The van der Waals surface area contributed by atoms with E-state index >= 15 is 0 Å². The third-order valence-electron chi connectivity index (χ3n) is 3.37. The summed E-state index contributed by atoms with van der Waals surface area (Å²) in [6.07, 6.45) is 0.309. The van der Waals surface area contributed by atoms with Crippen molar-refractivity contribution in [2.24, 2.45) is 0 Å². The molecule has 1 saturated heterocycles. The van der Waals surface area contributed by atoms with Gasteiger partial charge < -0.3 is 19.7 Å². The molecule has 0 bridgehead atoms. The summed E-state index contributed by atoms with van der Waals surface area (Å²) in [5.41, 5.74) is 2.66. The van der Waals surface area contributed by atoms with Gasteiger partial charge in [-0.25, -0.2) is 0 Å². The molecule has 1 aliphatic rings. The maximum atomic E-state index is 5.61. The molecule has 0 radical (unpaired) electrons. The predicted octanol–water partition coefficient (Wildman–Crippen LogP) is 1.65. The van der Waals surface area contributed by atoms with E-state index in [1.54, 1.807) is 7.11 Å². The number of nitrogens with one attached hydrogen (secondary N) is 1. The van der Waals surface area contributed by atoms with E-state index in [-0.39, 0.29) is 0 Å². The zero-order valence-corrected chi connectivity index (χ0v) is 11.9. The number of anilines is 1. The largest absolute Gasteiger partial charge is 0.383 e. The molecule has 0 saturated carbocycles. The Labute approximate surface area is 115 Å². The molecular weight excluding hydrogens is 240 g/mol. The molecule has 1 aromatic rings. The lowest BCUT2D eigenvalue weighted by atomic mass is 10.1. The Morgan fingerprint density at radius 1 is 1.42 bits per heavy atom. The SMILES string of the molecule is COCCNCc1ccccc1N1CCOC(C)C1. The first-order chi connectivity index (χ1) is 9.31. The molecule has 1 N–H and O–H groups in total. The molecule has 1 aliphatic heterocycles. The lowest BCUT2D eigenvalue weighted by Crippen LogP contribution is -2.41. The average molecular weight is 264 g/mol. The second-order valence-corrected chi connectivity index (χ2v) is 4.93. The molecule has 1 atom stereocenters. The van der Waals surface area contributed by atoms with E-state index in [4.69, 9.17) is 9.47 Å². The Morgan fingerprint density at radius 2 is 2.26 bits per heavy atom. The number of hydrogen-bond donors (Lipinski definition) is 1. The summed E-state index contributed by atoms with van der Waals surface area (Å²) in [7, 11) is 1.73. The lowest BCUT2D eigenvalue weighted by Gasteiger charge is -2.34. The fourth-order valence-corrected chi connectivity index (χ4v) is 2.40. The number of nitrogens with zero attached hydrogens (tertiary/aromatic N) is 1.